The minimum Gasteiger partial charge on any atom is -0.338 e. The summed E-state index contributed by atoms with van der Waals surface area (Å²) in [4.78, 5) is 90.9. The van der Waals surface area contributed by atoms with Gasteiger partial charge < -0.3 is 35.1 Å². The fourth-order valence-corrected chi connectivity index (χ4v) is 24.5. The third-order valence-corrected chi connectivity index (χ3v) is 33.9. The summed E-state index contributed by atoms with van der Waals surface area (Å²) in [5.41, 5.74) is 2.93. The molecule has 0 amide bonds. The summed E-state index contributed by atoms with van der Waals surface area (Å²) in [5.74, 6) is 6.37. The molecule has 3 aromatic rings. The van der Waals surface area contributed by atoms with Crippen LogP contribution >= 0.6 is 0 Å². The molecule has 0 bridgehead atoms. The minimum absolute atomic E-state index is 0.0896. The Morgan fingerprint density at radius 3 is 0.516 bits per heavy atom. The summed E-state index contributed by atoms with van der Waals surface area (Å²) in [6.45, 7) is 79.0. The van der Waals surface area contributed by atoms with Gasteiger partial charge >= 0.3 is 0 Å². The Labute approximate surface area is 774 Å². The molecule has 0 spiro atoms. The number of likely N-dealkylation sites (tertiary alicyclic amines) is 6. The standard InChI is InChI=1S/C104H196N22/c1-37-43-59-121(77-65-92(7,8)115(31)93(9,10)66-77)86-106-83(107-87(112-86)122(60-44-38-2)78-67-94(11,12)116(32)95(13,14)68-78)104(57-55-53-51-49-50-52-54-56-58-105,84-108-88(123(61-45-39-3)79-69-96(15,16)117(33)97(17,18)70-79)113-89(109-84)124(62-46-40-4)80-71-98(19,20)118(34)99(21,22)72-80)85-110-90(125(63-47-41-5)81-73-100(23,24)119(35)101(25,26)74-81)114-91(111-85)126(64-48-42-6)82-75-102(27,28)120(36)103(29,30)76-82/h77-82H,37-76,105H2,1-36H3. The molecule has 6 saturated heterocycles. The molecule has 0 radical (unpaired) electrons. The topological polar surface area (TPSA) is 181 Å². The van der Waals surface area contributed by atoms with E-state index in [2.05, 4.69) is 309 Å². The van der Waals surface area contributed by atoms with Gasteiger partial charge in [0.05, 0.1) is 0 Å². The Hall–Kier alpha value is -4.45. The fraction of sp³-hybridized carbons (Fsp3) is 0.913. The summed E-state index contributed by atoms with van der Waals surface area (Å²) in [5, 5.41) is 0. The van der Waals surface area contributed by atoms with E-state index in [9.17, 15) is 0 Å². The SMILES string of the molecule is CCCCN(c1nc(N(CCCC)C2CC(C)(C)N(C)C(C)(C)C2)nc(C(CCCCCCCCCCN)(c2nc(N(CCCC)C3CC(C)(C)N(C)C(C)(C)C3)nc(N(CCCC)C3CC(C)(C)N(C)C(C)(C)C3)n2)c2nc(N(CCCC)C3CC(C)(C)N(C)C(C)(C)C3)nc(N(CCCC)C3CC(C)(C)N(C)C(C)(C)C3)n2)n1)C1CC(C)(C)N(C)C(C)(C)C1. The van der Waals surface area contributed by atoms with Crippen LogP contribution in [-0.4, -0.2) is 265 Å². The molecule has 126 heavy (non-hydrogen) atoms. The number of rotatable bonds is 43. The van der Waals surface area contributed by atoms with Crippen LogP contribution in [0.25, 0.3) is 0 Å². The van der Waals surface area contributed by atoms with Crippen LogP contribution in [0.1, 0.15) is 437 Å². The van der Waals surface area contributed by atoms with Crippen LogP contribution in [0.3, 0.4) is 0 Å². The molecule has 722 valence electrons. The first-order valence-electron chi connectivity index (χ1n) is 51.6. The van der Waals surface area contributed by atoms with E-state index in [1.54, 1.807) is 0 Å². The van der Waals surface area contributed by atoms with Crippen LogP contribution in [-0.2, 0) is 5.41 Å². The lowest BCUT2D eigenvalue weighted by Gasteiger charge is -2.56. The van der Waals surface area contributed by atoms with Crippen molar-refractivity contribution < 1.29 is 0 Å². The highest BCUT2D eigenvalue weighted by atomic mass is 15.4. The average molecular weight is 1750 g/mol. The quantitative estimate of drug-likeness (QED) is 0.0528. The highest BCUT2D eigenvalue weighted by Crippen LogP contribution is 2.51. The molecule has 9 rings (SSSR count). The summed E-state index contributed by atoms with van der Waals surface area (Å²) in [6.07, 6.45) is 32.4. The van der Waals surface area contributed by atoms with Gasteiger partial charge in [0, 0.05) is 142 Å². The fourth-order valence-electron chi connectivity index (χ4n) is 24.5. The van der Waals surface area contributed by atoms with Gasteiger partial charge in [0.2, 0.25) is 35.7 Å². The van der Waals surface area contributed by atoms with E-state index >= 15 is 0 Å². The van der Waals surface area contributed by atoms with Gasteiger partial charge in [-0.15, -0.1) is 0 Å². The smallest absolute Gasteiger partial charge is 0.230 e. The molecular weight excluding hydrogens is 1560 g/mol. The highest BCUT2D eigenvalue weighted by Gasteiger charge is 2.56. The third-order valence-electron chi connectivity index (χ3n) is 33.9. The van der Waals surface area contributed by atoms with Gasteiger partial charge in [-0.25, -0.2) is 0 Å². The molecule has 6 aliphatic heterocycles. The van der Waals surface area contributed by atoms with Crippen molar-refractivity contribution in [2.75, 3.05) is 117 Å². The number of aromatic nitrogens is 9. The van der Waals surface area contributed by atoms with Crippen molar-refractivity contribution >= 4 is 35.7 Å². The summed E-state index contributed by atoms with van der Waals surface area (Å²) in [7, 11) is 14.2. The predicted molar refractivity (Wildman–Crippen MR) is 537 cm³/mol. The van der Waals surface area contributed by atoms with Crippen molar-refractivity contribution in [2.45, 2.75) is 528 Å². The first-order chi connectivity index (χ1) is 58.5. The van der Waals surface area contributed by atoms with Crippen molar-refractivity contribution in [3.05, 3.63) is 17.5 Å². The Morgan fingerprint density at radius 2 is 0.373 bits per heavy atom. The number of nitrogens with two attached hydrogens (primary N) is 1. The molecule has 6 aliphatic rings. The van der Waals surface area contributed by atoms with Crippen molar-refractivity contribution in [1.29, 1.82) is 0 Å². The molecule has 22 heteroatoms. The van der Waals surface area contributed by atoms with Gasteiger partial charge in [-0.2, -0.15) is 44.9 Å². The van der Waals surface area contributed by atoms with Gasteiger partial charge in [0.25, 0.3) is 0 Å². The maximum Gasteiger partial charge on any atom is 0.230 e. The molecule has 22 nitrogen and oxygen atoms in total. The summed E-state index contributed by atoms with van der Waals surface area (Å²) < 4.78 is 0. The number of unbranched alkanes of at least 4 members (excludes halogenated alkanes) is 13. The van der Waals surface area contributed by atoms with Crippen molar-refractivity contribution in [2.24, 2.45) is 5.73 Å². The Kier molecular flexibility index (Phi) is 34.7. The number of hydrogen-bond donors (Lipinski definition) is 1. The largest absolute Gasteiger partial charge is 0.338 e. The van der Waals surface area contributed by atoms with Gasteiger partial charge in [-0.1, -0.05) is 125 Å². The predicted octanol–water partition coefficient (Wildman–Crippen LogP) is 21.6. The lowest BCUT2D eigenvalue weighted by molar-refractivity contribution is -0.0135. The molecule has 0 atom stereocenters. The molecule has 3 aromatic heterocycles. The number of nitrogens with zero attached hydrogens (tertiary/aromatic N) is 21. The molecule has 0 unspecified atom stereocenters. The second kappa shape index (κ2) is 41.6. The summed E-state index contributed by atoms with van der Waals surface area (Å²) in [6, 6.07) is 0.538. The first kappa shape index (κ1) is 105. The average Bonchev–Trinajstić information content (AvgIpc) is 0.719. The number of hydrogen-bond acceptors (Lipinski definition) is 22. The zero-order valence-electron chi connectivity index (χ0n) is 88.7. The minimum atomic E-state index is -1.48. The molecule has 0 aromatic carbocycles. The second-order valence-electron chi connectivity index (χ2n) is 48.8. The second-order valence-corrected chi connectivity index (χ2v) is 48.8. The maximum atomic E-state index is 6.64. The molecular formula is C104H196N22. The number of piperidine rings is 6. The van der Waals surface area contributed by atoms with E-state index in [-0.39, 0.29) is 103 Å². The van der Waals surface area contributed by atoms with Crippen LogP contribution in [0.4, 0.5) is 35.7 Å². The van der Waals surface area contributed by atoms with Crippen LogP contribution in [0, 0.1) is 0 Å². The van der Waals surface area contributed by atoms with Crippen LogP contribution in [0.2, 0.25) is 0 Å². The van der Waals surface area contributed by atoms with E-state index in [0.29, 0.717) is 23.9 Å². The third kappa shape index (κ3) is 23.8. The molecule has 0 aliphatic carbocycles. The van der Waals surface area contributed by atoms with Crippen molar-refractivity contribution in [3.63, 3.8) is 0 Å². The monoisotopic (exact) mass is 1750 g/mol. The van der Waals surface area contributed by atoms with E-state index in [0.717, 1.165) is 274 Å². The Bertz CT molecular complexity index is 3200. The van der Waals surface area contributed by atoms with Crippen LogP contribution < -0.4 is 35.1 Å². The van der Waals surface area contributed by atoms with Gasteiger partial charge in [-0.05, 0) is 343 Å². The molecule has 9 heterocycles. The van der Waals surface area contributed by atoms with E-state index in [1.165, 1.54) is 12.8 Å². The van der Waals surface area contributed by atoms with Crippen LogP contribution in [0.5, 0.6) is 0 Å². The normalized spacial score (nSPS) is 23.2. The van der Waals surface area contributed by atoms with E-state index < -0.39 is 5.41 Å². The lowest BCUT2D eigenvalue weighted by Crippen LogP contribution is -2.63. The Morgan fingerprint density at radius 1 is 0.230 bits per heavy atom. The van der Waals surface area contributed by atoms with E-state index in [4.69, 9.17) is 50.6 Å². The van der Waals surface area contributed by atoms with Gasteiger partial charge in [0.15, 0.2) is 22.9 Å². The first-order valence-corrected chi connectivity index (χ1v) is 51.6. The molecule has 0 saturated carbocycles. The van der Waals surface area contributed by atoms with Crippen molar-refractivity contribution in [3.8, 4) is 0 Å². The molecule has 6 fully saturated rings. The van der Waals surface area contributed by atoms with Gasteiger partial charge in [-0.3, -0.25) is 29.4 Å². The van der Waals surface area contributed by atoms with Gasteiger partial charge in [0.1, 0.15) is 0 Å². The van der Waals surface area contributed by atoms with E-state index in [1.807, 2.05) is 0 Å². The maximum absolute atomic E-state index is 6.64. The molecule has 2 N–H and O–H groups in total. The Balaban J connectivity index is 1.62. The highest BCUT2D eigenvalue weighted by molar-refractivity contribution is 5.53. The summed E-state index contributed by atoms with van der Waals surface area (Å²) >= 11 is 0. The van der Waals surface area contributed by atoms with Crippen LogP contribution in [0.15, 0.2) is 0 Å². The number of anilines is 6. The zero-order valence-corrected chi connectivity index (χ0v) is 88.7. The lowest BCUT2D eigenvalue weighted by atomic mass is 9.76. The zero-order chi connectivity index (χ0) is 93.7. The van der Waals surface area contributed by atoms with Crippen molar-refractivity contribution in [1.82, 2.24) is 74.3 Å².